The number of likely N-dealkylation sites (tertiary alicyclic amines) is 1. The molecule has 6 nitrogen and oxygen atoms in total. The van der Waals surface area contributed by atoms with E-state index in [9.17, 15) is 14.7 Å². The van der Waals surface area contributed by atoms with E-state index in [1.807, 2.05) is 19.1 Å². The quantitative estimate of drug-likeness (QED) is 0.491. The third-order valence-corrected chi connectivity index (χ3v) is 8.14. The number of carbonyl (C=O) groups is 2. The van der Waals surface area contributed by atoms with Gasteiger partial charge in [0.2, 0.25) is 5.91 Å². The Kier molecular flexibility index (Phi) is 9.81. The number of nitrogens with zero attached hydrogens (tertiary/aromatic N) is 2. The van der Waals surface area contributed by atoms with Crippen molar-refractivity contribution in [1.29, 1.82) is 0 Å². The van der Waals surface area contributed by atoms with Crippen LogP contribution < -0.4 is 0 Å². The van der Waals surface area contributed by atoms with Gasteiger partial charge in [-0.15, -0.1) is 0 Å². The average molecular weight is 473 g/mol. The van der Waals surface area contributed by atoms with E-state index in [0.717, 1.165) is 45.4 Å². The SMILES string of the molecule is CCOC(=O)CCCC(=O)N(CCN1CCC(C)(c2cccc(O)c2)C(C)C1)C1CCCCC1. The summed E-state index contributed by atoms with van der Waals surface area (Å²) in [5, 5.41) is 9.96. The first-order chi connectivity index (χ1) is 16.3. The van der Waals surface area contributed by atoms with E-state index in [1.54, 1.807) is 6.07 Å². The maximum atomic E-state index is 13.2. The largest absolute Gasteiger partial charge is 0.508 e. The highest BCUT2D eigenvalue weighted by atomic mass is 16.5. The van der Waals surface area contributed by atoms with Crippen LogP contribution >= 0.6 is 0 Å². The summed E-state index contributed by atoms with van der Waals surface area (Å²) >= 11 is 0. The number of ether oxygens (including phenoxy) is 1. The highest BCUT2D eigenvalue weighted by Crippen LogP contribution is 2.40. The number of hydrogen-bond acceptors (Lipinski definition) is 5. The molecule has 1 heterocycles. The smallest absolute Gasteiger partial charge is 0.305 e. The number of carbonyl (C=O) groups excluding carboxylic acids is 2. The first-order valence-electron chi connectivity index (χ1n) is 13.3. The van der Waals surface area contributed by atoms with E-state index in [4.69, 9.17) is 4.74 Å². The first-order valence-corrected chi connectivity index (χ1v) is 13.3. The van der Waals surface area contributed by atoms with Gasteiger partial charge in [0.15, 0.2) is 0 Å². The number of aromatic hydroxyl groups is 1. The second kappa shape index (κ2) is 12.6. The summed E-state index contributed by atoms with van der Waals surface area (Å²) in [5.74, 6) is 0.756. The van der Waals surface area contributed by atoms with Gasteiger partial charge in [-0.3, -0.25) is 9.59 Å². The van der Waals surface area contributed by atoms with Crippen molar-refractivity contribution in [3.05, 3.63) is 29.8 Å². The molecular weight excluding hydrogens is 428 g/mol. The predicted octanol–water partition coefficient (Wildman–Crippen LogP) is 4.89. The van der Waals surface area contributed by atoms with Crippen molar-refractivity contribution in [1.82, 2.24) is 9.80 Å². The fraction of sp³-hybridized carbons (Fsp3) is 0.714. The fourth-order valence-electron chi connectivity index (χ4n) is 5.72. The van der Waals surface area contributed by atoms with Crippen LogP contribution in [0.5, 0.6) is 5.75 Å². The van der Waals surface area contributed by atoms with Crippen molar-refractivity contribution in [3.8, 4) is 5.75 Å². The molecule has 2 atom stereocenters. The van der Waals surface area contributed by atoms with Gasteiger partial charge in [0.25, 0.3) is 0 Å². The molecule has 2 aliphatic rings. The summed E-state index contributed by atoms with van der Waals surface area (Å²) < 4.78 is 5.01. The Labute approximate surface area is 205 Å². The third kappa shape index (κ3) is 6.97. The van der Waals surface area contributed by atoms with Gasteiger partial charge in [0.1, 0.15) is 5.75 Å². The monoisotopic (exact) mass is 472 g/mol. The Morgan fingerprint density at radius 3 is 2.65 bits per heavy atom. The minimum absolute atomic E-state index is 0.0429. The van der Waals surface area contributed by atoms with Crippen LogP contribution in [0.15, 0.2) is 24.3 Å². The highest BCUT2D eigenvalue weighted by Gasteiger charge is 2.38. The number of phenolic OH excluding ortho intramolecular Hbond substituents is 1. The van der Waals surface area contributed by atoms with E-state index in [-0.39, 0.29) is 17.3 Å². The van der Waals surface area contributed by atoms with Crippen LogP contribution in [0, 0.1) is 5.92 Å². The molecule has 34 heavy (non-hydrogen) atoms. The van der Waals surface area contributed by atoms with Gasteiger partial charge in [-0.25, -0.2) is 0 Å². The molecule has 2 fully saturated rings. The zero-order chi connectivity index (χ0) is 24.6. The Morgan fingerprint density at radius 2 is 1.97 bits per heavy atom. The molecule has 2 unspecified atom stereocenters. The summed E-state index contributed by atoms with van der Waals surface area (Å²) in [5.41, 5.74) is 1.25. The number of piperidine rings is 1. The van der Waals surface area contributed by atoms with Gasteiger partial charge in [-0.2, -0.15) is 0 Å². The Bertz CT molecular complexity index is 807. The van der Waals surface area contributed by atoms with E-state index < -0.39 is 0 Å². The summed E-state index contributed by atoms with van der Waals surface area (Å²) in [6, 6.07) is 8.04. The molecule has 1 aliphatic carbocycles. The van der Waals surface area contributed by atoms with Crippen molar-refractivity contribution in [2.45, 2.75) is 90.0 Å². The van der Waals surface area contributed by atoms with Crippen molar-refractivity contribution < 1.29 is 19.4 Å². The van der Waals surface area contributed by atoms with Gasteiger partial charge in [0.05, 0.1) is 6.61 Å². The molecule has 0 spiro atoms. The summed E-state index contributed by atoms with van der Waals surface area (Å²) in [6.45, 7) is 10.4. The summed E-state index contributed by atoms with van der Waals surface area (Å²) in [6.07, 6.45) is 8.17. The molecule has 1 aromatic carbocycles. The average Bonchev–Trinajstić information content (AvgIpc) is 2.82. The molecular formula is C28H44N2O4. The zero-order valence-electron chi connectivity index (χ0n) is 21.4. The van der Waals surface area contributed by atoms with Gasteiger partial charge in [-0.1, -0.05) is 45.2 Å². The van der Waals surface area contributed by atoms with Crippen molar-refractivity contribution in [3.63, 3.8) is 0 Å². The Morgan fingerprint density at radius 1 is 1.21 bits per heavy atom. The minimum Gasteiger partial charge on any atom is -0.508 e. The Balaban J connectivity index is 1.56. The highest BCUT2D eigenvalue weighted by molar-refractivity contribution is 5.77. The van der Waals surface area contributed by atoms with Gasteiger partial charge in [0, 0.05) is 38.5 Å². The van der Waals surface area contributed by atoms with E-state index >= 15 is 0 Å². The molecule has 1 saturated heterocycles. The number of rotatable bonds is 10. The summed E-state index contributed by atoms with van der Waals surface area (Å²) in [7, 11) is 0. The first kappa shape index (κ1) is 26.5. The third-order valence-electron chi connectivity index (χ3n) is 8.14. The Hall–Kier alpha value is -2.08. The number of hydrogen-bond donors (Lipinski definition) is 1. The van der Waals surface area contributed by atoms with Crippen molar-refractivity contribution in [2.75, 3.05) is 32.8 Å². The number of benzene rings is 1. The lowest BCUT2D eigenvalue weighted by Crippen LogP contribution is -2.51. The molecule has 190 valence electrons. The van der Waals surface area contributed by atoms with Gasteiger partial charge >= 0.3 is 5.97 Å². The van der Waals surface area contributed by atoms with Crippen LogP contribution in [0.1, 0.15) is 84.1 Å². The maximum Gasteiger partial charge on any atom is 0.305 e. The van der Waals surface area contributed by atoms with Crippen LogP contribution in [0.2, 0.25) is 0 Å². The minimum atomic E-state index is -0.211. The van der Waals surface area contributed by atoms with Crippen LogP contribution in [0.25, 0.3) is 0 Å². The lowest BCUT2D eigenvalue weighted by Gasteiger charge is -2.46. The topological polar surface area (TPSA) is 70.1 Å². The lowest BCUT2D eigenvalue weighted by atomic mass is 9.68. The van der Waals surface area contributed by atoms with E-state index in [0.29, 0.717) is 43.6 Å². The molecule has 6 heteroatoms. The maximum absolute atomic E-state index is 13.2. The van der Waals surface area contributed by atoms with Gasteiger partial charge < -0.3 is 19.6 Å². The van der Waals surface area contributed by atoms with Crippen LogP contribution in [0.4, 0.5) is 0 Å². The summed E-state index contributed by atoms with van der Waals surface area (Å²) in [4.78, 5) is 29.5. The van der Waals surface area contributed by atoms with Crippen LogP contribution in [0.3, 0.4) is 0 Å². The fourth-order valence-corrected chi connectivity index (χ4v) is 5.72. The van der Waals surface area contributed by atoms with Crippen LogP contribution in [-0.4, -0.2) is 65.6 Å². The molecule has 3 rings (SSSR count). The molecule has 1 aromatic rings. The van der Waals surface area contributed by atoms with E-state index in [2.05, 4.69) is 29.7 Å². The normalized spacial score (nSPS) is 24.0. The molecule has 1 saturated carbocycles. The predicted molar refractivity (Wildman–Crippen MR) is 135 cm³/mol. The van der Waals surface area contributed by atoms with Crippen LogP contribution in [-0.2, 0) is 19.7 Å². The molecule has 1 N–H and O–H groups in total. The molecule has 1 aliphatic heterocycles. The molecule has 0 radical (unpaired) electrons. The second-order valence-corrected chi connectivity index (χ2v) is 10.5. The second-order valence-electron chi connectivity index (χ2n) is 10.5. The standard InChI is InChI=1S/C28H44N2O4/c1-4-34-27(33)15-9-14-26(32)30(24-11-6-5-7-12-24)19-18-29-17-16-28(3,22(2)21-29)23-10-8-13-25(31)20-23/h8,10,13,20,22,24,31H,4-7,9,11-12,14-19,21H2,1-3H3. The number of amides is 1. The number of esters is 1. The van der Waals surface area contributed by atoms with Crippen molar-refractivity contribution >= 4 is 11.9 Å². The van der Waals surface area contributed by atoms with E-state index in [1.165, 1.54) is 24.8 Å². The lowest BCUT2D eigenvalue weighted by molar-refractivity contribution is -0.143. The van der Waals surface area contributed by atoms with Crippen molar-refractivity contribution in [2.24, 2.45) is 5.92 Å². The number of phenols is 1. The molecule has 0 aromatic heterocycles. The molecule has 0 bridgehead atoms. The zero-order valence-corrected chi connectivity index (χ0v) is 21.4. The molecule has 1 amide bonds. The van der Waals surface area contributed by atoms with Gasteiger partial charge in [-0.05, 0) is 68.2 Å².